The van der Waals surface area contributed by atoms with E-state index in [0.717, 1.165) is 56.4 Å². The molecule has 0 N–H and O–H groups in total. The number of unbranched alkanes of at least 4 members (excludes halogenated alkanes) is 4. The van der Waals surface area contributed by atoms with Gasteiger partial charge in [-0.05, 0) is 63.6 Å². The summed E-state index contributed by atoms with van der Waals surface area (Å²) in [5.41, 5.74) is 5.16. The van der Waals surface area contributed by atoms with E-state index in [4.69, 9.17) is 0 Å². The molecule has 1 atom stereocenters. The molecule has 0 spiro atoms. The van der Waals surface area contributed by atoms with Crippen LogP contribution in [-0.4, -0.2) is 108 Å². The Morgan fingerprint density at radius 2 is 1.24 bits per heavy atom. The first-order valence-corrected chi connectivity index (χ1v) is 18.9. The number of piperazine rings is 1. The number of anilines is 2. The molecule has 0 aliphatic carbocycles. The van der Waals surface area contributed by atoms with E-state index in [9.17, 15) is 14.4 Å². The number of aryl methyl sites for hydroxylation is 2. The summed E-state index contributed by atoms with van der Waals surface area (Å²) in [6, 6.07) is 24.5. The molecule has 4 rings (SSSR count). The quantitative estimate of drug-likeness (QED) is 0.143. The second kappa shape index (κ2) is 19.9. The van der Waals surface area contributed by atoms with Gasteiger partial charge in [-0.25, -0.2) is 9.59 Å². The van der Waals surface area contributed by atoms with Crippen molar-refractivity contribution in [3.8, 4) is 0 Å². The Kier molecular flexibility index (Phi) is 15.4. The van der Waals surface area contributed by atoms with Crippen LogP contribution in [-0.2, 0) is 11.3 Å². The number of urea groups is 2. The van der Waals surface area contributed by atoms with Crippen molar-refractivity contribution in [1.82, 2.24) is 24.5 Å². The van der Waals surface area contributed by atoms with Gasteiger partial charge < -0.3 is 24.5 Å². The lowest BCUT2D eigenvalue weighted by atomic mass is 10.1. The van der Waals surface area contributed by atoms with Crippen LogP contribution >= 0.6 is 0 Å². The number of nitrogens with zero attached hydrogens (tertiary/aromatic N) is 6. The van der Waals surface area contributed by atoms with E-state index in [0.29, 0.717) is 32.7 Å². The van der Waals surface area contributed by atoms with Gasteiger partial charge in [-0.1, -0.05) is 105 Å². The zero-order valence-corrected chi connectivity index (χ0v) is 31.9. The molecule has 1 aliphatic heterocycles. The van der Waals surface area contributed by atoms with Crippen LogP contribution in [0.1, 0.15) is 69.1 Å². The van der Waals surface area contributed by atoms with Gasteiger partial charge in [0, 0.05) is 52.9 Å². The highest BCUT2D eigenvalue weighted by atomic mass is 16.2. The standard InChI is InChI=1S/C42H60N6O3/c1-7-9-17-23-45(24-18-10-8-2)41(50)46-27-28-47(42(51)48(37-19-13-11-14-20-37)38-21-15-12-16-22-38)39(33-46)40(49)44(6)26-25-43(5)32-36-30-34(3)29-35(4)31-36/h11-16,19-22,29-31,39H,7-10,17-18,23-28,32-33H2,1-6H3/t39-/m0/s1. The van der Waals surface area contributed by atoms with Crippen LogP contribution in [0.5, 0.6) is 0 Å². The van der Waals surface area contributed by atoms with E-state index in [1.54, 1.807) is 19.6 Å². The summed E-state index contributed by atoms with van der Waals surface area (Å²) in [4.78, 5) is 54.3. The molecule has 1 aliphatic rings. The number of para-hydroxylation sites is 2. The molecule has 9 heteroatoms. The Balaban J connectivity index is 1.58. The predicted octanol–water partition coefficient (Wildman–Crippen LogP) is 7.94. The molecule has 1 fully saturated rings. The number of carbonyl (C=O) groups excluding carboxylic acids is 3. The average molecular weight is 697 g/mol. The number of hydrogen-bond donors (Lipinski definition) is 0. The third-order valence-electron chi connectivity index (χ3n) is 9.66. The van der Waals surface area contributed by atoms with Gasteiger partial charge in [0.25, 0.3) is 0 Å². The monoisotopic (exact) mass is 696 g/mol. The van der Waals surface area contributed by atoms with Crippen LogP contribution in [0.4, 0.5) is 21.0 Å². The van der Waals surface area contributed by atoms with Gasteiger partial charge in [0.05, 0.1) is 17.9 Å². The summed E-state index contributed by atoms with van der Waals surface area (Å²) >= 11 is 0. The molecule has 0 unspecified atom stereocenters. The maximum absolute atomic E-state index is 14.7. The molecule has 3 aromatic rings. The Hall–Kier alpha value is -4.37. The van der Waals surface area contributed by atoms with Crippen molar-refractivity contribution in [3.63, 3.8) is 0 Å². The molecule has 9 nitrogen and oxygen atoms in total. The molecular weight excluding hydrogens is 637 g/mol. The van der Waals surface area contributed by atoms with Crippen LogP contribution in [0.15, 0.2) is 78.9 Å². The van der Waals surface area contributed by atoms with E-state index in [1.807, 2.05) is 72.6 Å². The SMILES string of the molecule is CCCCCN(CCCCC)C(=O)N1CCN(C(=O)N(c2ccccc2)c2ccccc2)[C@H](C(=O)N(C)CCN(C)Cc2cc(C)cc(C)c2)C1. The minimum atomic E-state index is -0.826. The number of hydrogen-bond acceptors (Lipinski definition) is 4. The minimum Gasteiger partial charge on any atom is -0.343 e. The lowest BCUT2D eigenvalue weighted by Gasteiger charge is -2.44. The fourth-order valence-electron chi connectivity index (χ4n) is 6.89. The fraction of sp³-hybridized carbons (Fsp3) is 0.500. The largest absolute Gasteiger partial charge is 0.343 e. The zero-order chi connectivity index (χ0) is 36.8. The molecule has 3 aromatic carbocycles. The Labute approximate surface area is 306 Å². The average Bonchev–Trinajstić information content (AvgIpc) is 3.13. The van der Waals surface area contributed by atoms with E-state index in [-0.39, 0.29) is 31.1 Å². The fourth-order valence-corrected chi connectivity index (χ4v) is 6.89. The van der Waals surface area contributed by atoms with Crippen molar-refractivity contribution in [2.75, 3.05) is 64.8 Å². The van der Waals surface area contributed by atoms with Gasteiger partial charge in [-0.2, -0.15) is 0 Å². The van der Waals surface area contributed by atoms with Gasteiger partial charge >= 0.3 is 12.1 Å². The highest BCUT2D eigenvalue weighted by Gasteiger charge is 2.41. The Morgan fingerprint density at radius 1 is 0.686 bits per heavy atom. The number of rotatable bonds is 16. The second-order valence-corrected chi connectivity index (χ2v) is 14.1. The first-order chi connectivity index (χ1) is 24.6. The van der Waals surface area contributed by atoms with Crippen molar-refractivity contribution in [1.29, 1.82) is 0 Å². The van der Waals surface area contributed by atoms with Gasteiger partial charge in [-0.3, -0.25) is 9.69 Å². The minimum absolute atomic E-state index is 0.0362. The van der Waals surface area contributed by atoms with E-state index >= 15 is 0 Å². The van der Waals surface area contributed by atoms with Crippen molar-refractivity contribution >= 4 is 29.3 Å². The summed E-state index contributed by atoms with van der Waals surface area (Å²) in [7, 11) is 3.88. The third-order valence-corrected chi connectivity index (χ3v) is 9.66. The Morgan fingerprint density at radius 3 is 1.76 bits per heavy atom. The van der Waals surface area contributed by atoms with Gasteiger partial charge in [0.15, 0.2) is 0 Å². The zero-order valence-electron chi connectivity index (χ0n) is 31.9. The summed E-state index contributed by atoms with van der Waals surface area (Å²) in [5.74, 6) is -0.162. The summed E-state index contributed by atoms with van der Waals surface area (Å²) in [6.45, 7) is 12.7. The molecule has 276 valence electrons. The highest BCUT2D eigenvalue weighted by molar-refractivity contribution is 6.01. The van der Waals surface area contributed by atoms with Crippen LogP contribution in [0.3, 0.4) is 0 Å². The smallest absolute Gasteiger partial charge is 0.329 e. The second-order valence-electron chi connectivity index (χ2n) is 14.1. The van der Waals surface area contributed by atoms with Crippen LogP contribution in [0.2, 0.25) is 0 Å². The lowest BCUT2D eigenvalue weighted by Crippen LogP contribution is -2.64. The molecule has 51 heavy (non-hydrogen) atoms. The van der Waals surface area contributed by atoms with Gasteiger partial charge in [-0.15, -0.1) is 0 Å². The van der Waals surface area contributed by atoms with E-state index < -0.39 is 6.04 Å². The summed E-state index contributed by atoms with van der Waals surface area (Å²) in [5, 5.41) is 0. The van der Waals surface area contributed by atoms with Crippen LogP contribution in [0.25, 0.3) is 0 Å². The maximum Gasteiger partial charge on any atom is 0.329 e. The van der Waals surface area contributed by atoms with E-state index in [2.05, 4.69) is 57.8 Å². The molecule has 0 bridgehead atoms. The molecule has 5 amide bonds. The van der Waals surface area contributed by atoms with Crippen LogP contribution in [0, 0.1) is 13.8 Å². The maximum atomic E-state index is 14.7. The van der Waals surface area contributed by atoms with Crippen molar-refractivity contribution in [2.45, 2.75) is 78.8 Å². The van der Waals surface area contributed by atoms with E-state index in [1.165, 1.54) is 16.7 Å². The molecule has 0 saturated carbocycles. The predicted molar refractivity (Wildman–Crippen MR) is 208 cm³/mol. The Bertz CT molecular complexity index is 1460. The topological polar surface area (TPSA) is 70.7 Å². The van der Waals surface area contributed by atoms with Crippen molar-refractivity contribution in [3.05, 3.63) is 95.6 Å². The number of amides is 5. The lowest BCUT2D eigenvalue weighted by molar-refractivity contribution is -0.136. The highest BCUT2D eigenvalue weighted by Crippen LogP contribution is 2.28. The number of carbonyl (C=O) groups is 3. The molecule has 0 radical (unpaired) electrons. The first kappa shape index (κ1) is 39.4. The van der Waals surface area contributed by atoms with Crippen LogP contribution < -0.4 is 4.90 Å². The summed E-state index contributed by atoms with van der Waals surface area (Å²) in [6.07, 6.45) is 6.21. The van der Waals surface area contributed by atoms with Crippen molar-refractivity contribution < 1.29 is 14.4 Å². The van der Waals surface area contributed by atoms with Gasteiger partial charge in [0.2, 0.25) is 5.91 Å². The molecule has 0 aromatic heterocycles. The third kappa shape index (κ3) is 11.3. The van der Waals surface area contributed by atoms with Crippen molar-refractivity contribution in [2.24, 2.45) is 0 Å². The molecular formula is C42H60N6O3. The normalized spacial score (nSPS) is 14.5. The number of likely N-dealkylation sites (N-methyl/N-ethyl adjacent to an activating group) is 2. The molecule has 1 saturated heterocycles. The van der Waals surface area contributed by atoms with Gasteiger partial charge in [0.1, 0.15) is 6.04 Å². The number of benzene rings is 3. The first-order valence-electron chi connectivity index (χ1n) is 18.9. The summed E-state index contributed by atoms with van der Waals surface area (Å²) < 4.78 is 0. The molecule has 1 heterocycles.